The van der Waals surface area contributed by atoms with Crippen LogP contribution in [0.2, 0.25) is 0 Å². The number of para-hydroxylation sites is 2. The number of aromatic nitrogens is 2. The molecule has 3 heterocycles. The van der Waals surface area contributed by atoms with Gasteiger partial charge in [0.15, 0.2) is 11.5 Å². The second-order valence-corrected chi connectivity index (χ2v) is 8.57. The molecular weight excluding hydrogens is 404 g/mol. The summed E-state index contributed by atoms with van der Waals surface area (Å²) in [5.41, 5.74) is 3.26. The zero-order valence-corrected chi connectivity index (χ0v) is 18.5. The number of ether oxygens (including phenoxy) is 2. The van der Waals surface area contributed by atoms with Crippen molar-refractivity contribution in [2.75, 3.05) is 24.8 Å². The topological polar surface area (TPSA) is 68.6 Å². The van der Waals surface area contributed by atoms with Gasteiger partial charge in [0, 0.05) is 32.1 Å². The van der Waals surface area contributed by atoms with Crippen molar-refractivity contribution < 1.29 is 14.3 Å². The summed E-state index contributed by atoms with van der Waals surface area (Å²) in [6.07, 6.45) is 3.96. The Morgan fingerprint density at radius 1 is 1.12 bits per heavy atom. The van der Waals surface area contributed by atoms with Gasteiger partial charge in [-0.05, 0) is 49.1 Å². The summed E-state index contributed by atoms with van der Waals surface area (Å²) in [6, 6.07) is 14.2. The minimum absolute atomic E-state index is 0.0359. The van der Waals surface area contributed by atoms with E-state index in [0.717, 1.165) is 73.8 Å². The average Bonchev–Trinajstić information content (AvgIpc) is 3.45. The molecule has 2 aromatic carbocycles. The molecular formula is C25H30N4O3. The van der Waals surface area contributed by atoms with Gasteiger partial charge >= 0.3 is 0 Å². The molecule has 2 aliphatic rings. The van der Waals surface area contributed by atoms with E-state index < -0.39 is 0 Å². The van der Waals surface area contributed by atoms with E-state index in [1.54, 1.807) is 0 Å². The predicted octanol–water partition coefficient (Wildman–Crippen LogP) is 4.10. The highest BCUT2D eigenvalue weighted by Gasteiger charge is 2.27. The van der Waals surface area contributed by atoms with Crippen LogP contribution < -0.4 is 19.7 Å². The highest BCUT2D eigenvalue weighted by molar-refractivity contribution is 5.80. The van der Waals surface area contributed by atoms with Crippen LogP contribution in [0.1, 0.15) is 38.2 Å². The first-order valence-corrected chi connectivity index (χ1v) is 11.6. The quantitative estimate of drug-likeness (QED) is 0.606. The Hall–Kier alpha value is -3.22. The number of piperidine rings is 1. The number of imidazole rings is 1. The van der Waals surface area contributed by atoms with Crippen molar-refractivity contribution in [3.8, 4) is 11.5 Å². The van der Waals surface area contributed by atoms with Crippen LogP contribution in [-0.4, -0.2) is 35.3 Å². The van der Waals surface area contributed by atoms with E-state index in [1.807, 2.05) is 24.3 Å². The van der Waals surface area contributed by atoms with Gasteiger partial charge in [0.1, 0.15) is 0 Å². The fraction of sp³-hybridized carbons (Fsp3) is 0.440. The molecule has 1 amide bonds. The Labute approximate surface area is 188 Å². The smallest absolute Gasteiger partial charge is 0.231 e. The molecule has 0 saturated carbocycles. The summed E-state index contributed by atoms with van der Waals surface area (Å²) < 4.78 is 13.1. The van der Waals surface area contributed by atoms with Gasteiger partial charge in [0.2, 0.25) is 18.6 Å². The van der Waals surface area contributed by atoms with Crippen molar-refractivity contribution in [2.24, 2.45) is 5.92 Å². The predicted molar refractivity (Wildman–Crippen MR) is 124 cm³/mol. The summed E-state index contributed by atoms with van der Waals surface area (Å²) in [5, 5.41) is 3.10. The van der Waals surface area contributed by atoms with Crippen LogP contribution >= 0.6 is 0 Å². The molecule has 0 atom stereocenters. The number of carbonyl (C=O) groups excluding carboxylic acids is 1. The average molecular weight is 435 g/mol. The lowest BCUT2D eigenvalue weighted by molar-refractivity contribution is -0.125. The molecule has 32 heavy (non-hydrogen) atoms. The number of nitrogens with zero attached hydrogens (tertiary/aromatic N) is 3. The number of anilines is 1. The third-order valence-corrected chi connectivity index (χ3v) is 6.42. The number of benzene rings is 2. The third kappa shape index (κ3) is 4.11. The molecule has 7 nitrogen and oxygen atoms in total. The maximum Gasteiger partial charge on any atom is 0.231 e. The van der Waals surface area contributed by atoms with Crippen molar-refractivity contribution >= 4 is 22.9 Å². The van der Waals surface area contributed by atoms with Crippen molar-refractivity contribution in [1.29, 1.82) is 0 Å². The van der Waals surface area contributed by atoms with Gasteiger partial charge in [-0.15, -0.1) is 0 Å². The highest BCUT2D eigenvalue weighted by Crippen LogP contribution is 2.32. The number of carbonyl (C=O) groups is 1. The summed E-state index contributed by atoms with van der Waals surface area (Å²) >= 11 is 0. The molecule has 0 aliphatic carbocycles. The van der Waals surface area contributed by atoms with Gasteiger partial charge in [-0.3, -0.25) is 4.79 Å². The summed E-state index contributed by atoms with van der Waals surface area (Å²) in [7, 11) is 0. The second-order valence-electron chi connectivity index (χ2n) is 8.57. The van der Waals surface area contributed by atoms with Crippen LogP contribution in [0.15, 0.2) is 42.5 Å². The molecule has 168 valence electrons. The zero-order valence-electron chi connectivity index (χ0n) is 18.5. The summed E-state index contributed by atoms with van der Waals surface area (Å²) in [5.74, 6) is 2.71. The molecule has 0 spiro atoms. The Morgan fingerprint density at radius 3 is 2.78 bits per heavy atom. The first kappa shape index (κ1) is 20.7. The molecule has 0 unspecified atom stereocenters. The Kier molecular flexibility index (Phi) is 5.88. The molecule has 1 N–H and O–H groups in total. The summed E-state index contributed by atoms with van der Waals surface area (Å²) in [4.78, 5) is 20.1. The first-order valence-electron chi connectivity index (χ1n) is 11.6. The second kappa shape index (κ2) is 9.10. The SMILES string of the molecule is CCCCn1c(N2CCC(C(=O)NCc3ccc4c(c3)OCO4)CC2)nc2ccccc21. The van der Waals surface area contributed by atoms with E-state index in [1.165, 1.54) is 5.52 Å². The maximum absolute atomic E-state index is 12.8. The van der Waals surface area contributed by atoms with Crippen LogP contribution in [0.4, 0.5) is 5.95 Å². The van der Waals surface area contributed by atoms with Crippen LogP contribution in [0.5, 0.6) is 11.5 Å². The van der Waals surface area contributed by atoms with Gasteiger partial charge in [-0.1, -0.05) is 31.5 Å². The number of rotatable bonds is 7. The monoisotopic (exact) mass is 434 g/mol. The number of fused-ring (bicyclic) bond motifs is 2. The normalized spacial score (nSPS) is 16.0. The van der Waals surface area contributed by atoms with E-state index in [9.17, 15) is 4.79 Å². The van der Waals surface area contributed by atoms with E-state index in [0.29, 0.717) is 6.54 Å². The first-order chi connectivity index (χ1) is 15.7. The number of aryl methyl sites for hydroxylation is 1. The van der Waals surface area contributed by atoms with Crippen LogP contribution in [0, 0.1) is 5.92 Å². The number of hydrogen-bond acceptors (Lipinski definition) is 5. The van der Waals surface area contributed by atoms with Gasteiger partial charge in [-0.25, -0.2) is 4.98 Å². The maximum atomic E-state index is 12.8. The molecule has 5 rings (SSSR count). The molecule has 1 aromatic heterocycles. The molecule has 0 bridgehead atoms. The van der Waals surface area contributed by atoms with E-state index >= 15 is 0 Å². The fourth-order valence-corrected chi connectivity index (χ4v) is 4.57. The van der Waals surface area contributed by atoms with Gasteiger partial charge in [0.05, 0.1) is 11.0 Å². The Balaban J connectivity index is 1.20. The van der Waals surface area contributed by atoms with E-state index in [-0.39, 0.29) is 18.6 Å². The zero-order chi connectivity index (χ0) is 21.9. The van der Waals surface area contributed by atoms with Crippen molar-refractivity contribution in [1.82, 2.24) is 14.9 Å². The van der Waals surface area contributed by atoms with Gasteiger partial charge in [0.25, 0.3) is 0 Å². The van der Waals surface area contributed by atoms with Gasteiger partial charge < -0.3 is 24.3 Å². The number of nitrogens with one attached hydrogen (secondary N) is 1. The number of amides is 1. The van der Waals surface area contributed by atoms with Crippen molar-refractivity contribution in [3.05, 3.63) is 48.0 Å². The molecule has 0 radical (unpaired) electrons. The lowest BCUT2D eigenvalue weighted by Crippen LogP contribution is -2.41. The number of hydrogen-bond donors (Lipinski definition) is 1. The van der Waals surface area contributed by atoms with Crippen molar-refractivity contribution in [3.63, 3.8) is 0 Å². The lowest BCUT2D eigenvalue weighted by atomic mass is 9.96. The molecule has 1 fully saturated rings. The Morgan fingerprint density at radius 2 is 1.94 bits per heavy atom. The van der Waals surface area contributed by atoms with E-state index in [2.05, 4.69) is 39.9 Å². The fourth-order valence-electron chi connectivity index (χ4n) is 4.57. The standard InChI is InChI=1S/C25H30N4O3/c1-2-3-12-29-21-7-5-4-6-20(21)27-25(29)28-13-10-19(11-14-28)24(30)26-16-18-8-9-22-23(15-18)32-17-31-22/h4-9,15,19H,2-3,10-14,16-17H2,1H3,(H,26,30). The minimum atomic E-state index is 0.0359. The van der Waals surface area contributed by atoms with Crippen LogP contribution in [0.3, 0.4) is 0 Å². The van der Waals surface area contributed by atoms with Crippen LogP contribution in [-0.2, 0) is 17.9 Å². The van der Waals surface area contributed by atoms with Crippen molar-refractivity contribution in [2.45, 2.75) is 45.7 Å². The Bertz CT molecular complexity index is 1100. The molecule has 1 saturated heterocycles. The molecule has 2 aliphatic heterocycles. The molecule has 3 aromatic rings. The minimum Gasteiger partial charge on any atom is -0.454 e. The summed E-state index contributed by atoms with van der Waals surface area (Å²) in [6.45, 7) is 5.64. The highest BCUT2D eigenvalue weighted by atomic mass is 16.7. The van der Waals surface area contributed by atoms with Gasteiger partial charge in [-0.2, -0.15) is 0 Å². The molecule has 7 heteroatoms. The lowest BCUT2D eigenvalue weighted by Gasteiger charge is -2.32. The van der Waals surface area contributed by atoms with Crippen LogP contribution in [0.25, 0.3) is 11.0 Å². The number of unbranched alkanes of at least 4 members (excludes halogenated alkanes) is 1. The largest absolute Gasteiger partial charge is 0.454 e. The third-order valence-electron chi connectivity index (χ3n) is 6.42. The van der Waals surface area contributed by atoms with E-state index in [4.69, 9.17) is 14.5 Å².